The first-order chi connectivity index (χ1) is 3.43. The van der Waals surface area contributed by atoms with Crippen LogP contribution in [0.3, 0.4) is 0 Å². The molecule has 1 rings (SSSR count). The molecule has 1 heteroatoms. The Morgan fingerprint density at radius 2 is 2.38 bits per heavy atom. The van der Waals surface area contributed by atoms with Gasteiger partial charge in [-0.2, -0.15) is 11.6 Å². The summed E-state index contributed by atoms with van der Waals surface area (Å²) in [6.45, 7) is 0. The number of hydrogen-bond donors (Lipinski definition) is 0. The normalized spacial score (nSPS) is 16.1. The van der Waals surface area contributed by atoms with Gasteiger partial charge in [-0.05, 0) is 0 Å². The molecule has 0 fully saturated rings. The minimum Gasteiger partial charge on any atom is -0.366 e. The maximum Gasteiger partial charge on any atom is 1.00 e. The van der Waals surface area contributed by atoms with E-state index >= 15 is 0 Å². The van der Waals surface area contributed by atoms with Crippen molar-refractivity contribution in [3.05, 3.63) is 18.1 Å². The SMILES string of the molecule is [C-]#CC1=CCCC1.[Na+]. The molecule has 0 spiro atoms. The summed E-state index contributed by atoms with van der Waals surface area (Å²) < 4.78 is 0. The molecule has 0 bridgehead atoms. The molecule has 0 N–H and O–H groups in total. The molecular weight excluding hydrogens is 107 g/mol. The zero-order valence-electron chi connectivity index (χ0n) is 5.20. The topological polar surface area (TPSA) is 0 Å². The van der Waals surface area contributed by atoms with Crippen molar-refractivity contribution in [3.8, 4) is 5.92 Å². The molecule has 0 radical (unpaired) electrons. The molecule has 0 amide bonds. The second-order valence-corrected chi connectivity index (χ2v) is 1.75. The van der Waals surface area contributed by atoms with Crippen LogP contribution in [0.1, 0.15) is 19.3 Å². The van der Waals surface area contributed by atoms with Gasteiger partial charge in [0.25, 0.3) is 0 Å². The number of allylic oxidation sites excluding steroid dienone is 2. The third-order valence-corrected chi connectivity index (χ3v) is 1.20. The maximum atomic E-state index is 6.68. The van der Waals surface area contributed by atoms with Crippen molar-refractivity contribution in [2.45, 2.75) is 19.3 Å². The van der Waals surface area contributed by atoms with Gasteiger partial charge in [-0.1, -0.05) is 19.3 Å². The second kappa shape index (κ2) is 4.21. The van der Waals surface area contributed by atoms with Crippen molar-refractivity contribution in [2.75, 3.05) is 0 Å². The molecule has 0 heterocycles. The summed E-state index contributed by atoms with van der Waals surface area (Å²) in [6, 6.07) is 0. The van der Waals surface area contributed by atoms with E-state index in [-0.39, 0.29) is 29.6 Å². The van der Waals surface area contributed by atoms with Crippen molar-refractivity contribution in [1.82, 2.24) is 0 Å². The van der Waals surface area contributed by atoms with Crippen LogP contribution >= 0.6 is 0 Å². The van der Waals surface area contributed by atoms with Crippen LogP contribution in [0, 0.1) is 12.3 Å². The molecule has 0 aromatic heterocycles. The van der Waals surface area contributed by atoms with E-state index in [9.17, 15) is 0 Å². The molecule has 36 valence electrons. The molecule has 0 saturated heterocycles. The Bertz CT molecular complexity index is 128. The number of rotatable bonds is 0. The average Bonchev–Trinajstić information content (AvgIpc) is 2.14. The van der Waals surface area contributed by atoms with E-state index < -0.39 is 0 Å². The molecule has 0 aromatic rings. The molecule has 0 unspecified atom stereocenters. The van der Waals surface area contributed by atoms with Gasteiger partial charge >= 0.3 is 29.6 Å². The van der Waals surface area contributed by atoms with Gasteiger partial charge in [0.1, 0.15) is 0 Å². The fourth-order valence-electron chi connectivity index (χ4n) is 0.784. The Hall–Kier alpha value is 0.300. The van der Waals surface area contributed by atoms with E-state index in [0.717, 1.165) is 18.4 Å². The van der Waals surface area contributed by atoms with Gasteiger partial charge in [-0.25, -0.2) is 0 Å². The van der Waals surface area contributed by atoms with E-state index in [2.05, 4.69) is 12.0 Å². The van der Waals surface area contributed by atoms with E-state index in [0.29, 0.717) is 0 Å². The predicted octanol–water partition coefficient (Wildman–Crippen LogP) is -1.31. The molecule has 0 saturated carbocycles. The monoisotopic (exact) mass is 114 g/mol. The van der Waals surface area contributed by atoms with Crippen molar-refractivity contribution < 1.29 is 29.6 Å². The van der Waals surface area contributed by atoms with Crippen LogP contribution in [-0.4, -0.2) is 0 Å². The van der Waals surface area contributed by atoms with Crippen LogP contribution in [0.5, 0.6) is 0 Å². The van der Waals surface area contributed by atoms with E-state index in [1.165, 1.54) is 6.42 Å². The Balaban J connectivity index is 0.000000490. The molecular formula is C7H7Na. The summed E-state index contributed by atoms with van der Waals surface area (Å²) in [5.41, 5.74) is 1.08. The van der Waals surface area contributed by atoms with Gasteiger partial charge in [0.05, 0.1) is 0 Å². The van der Waals surface area contributed by atoms with Crippen LogP contribution in [-0.2, 0) is 0 Å². The summed E-state index contributed by atoms with van der Waals surface area (Å²) in [7, 11) is 0. The Morgan fingerprint density at radius 1 is 1.62 bits per heavy atom. The third-order valence-electron chi connectivity index (χ3n) is 1.20. The fourth-order valence-corrected chi connectivity index (χ4v) is 0.784. The van der Waals surface area contributed by atoms with Crippen molar-refractivity contribution in [1.29, 1.82) is 0 Å². The van der Waals surface area contributed by atoms with E-state index in [1.807, 2.05) is 0 Å². The average molecular weight is 114 g/mol. The Labute approximate surface area is 72.6 Å². The van der Waals surface area contributed by atoms with Gasteiger partial charge in [0, 0.05) is 0 Å². The molecule has 0 nitrogen and oxygen atoms in total. The minimum atomic E-state index is 0. The first kappa shape index (κ1) is 8.30. The quantitative estimate of drug-likeness (QED) is 0.208. The van der Waals surface area contributed by atoms with E-state index in [4.69, 9.17) is 6.42 Å². The molecule has 0 aliphatic heterocycles. The largest absolute Gasteiger partial charge is 1.00 e. The summed E-state index contributed by atoms with van der Waals surface area (Å²) in [5.74, 6) is 2.38. The molecule has 1 aliphatic carbocycles. The molecule has 0 atom stereocenters. The molecule has 1 aliphatic rings. The van der Waals surface area contributed by atoms with Crippen molar-refractivity contribution >= 4 is 0 Å². The summed E-state index contributed by atoms with van der Waals surface area (Å²) >= 11 is 0. The summed E-state index contributed by atoms with van der Waals surface area (Å²) in [5, 5.41) is 0. The smallest absolute Gasteiger partial charge is 0.366 e. The standard InChI is InChI=1S/C7H7.Na/c1-2-7-5-3-4-6-7;/h5H,3-4,6H2;/q-1;+1. The van der Waals surface area contributed by atoms with Crippen LogP contribution in [0.15, 0.2) is 11.6 Å². The van der Waals surface area contributed by atoms with Crippen LogP contribution in [0.4, 0.5) is 0 Å². The van der Waals surface area contributed by atoms with Crippen LogP contribution in [0.2, 0.25) is 0 Å². The zero-order valence-corrected chi connectivity index (χ0v) is 7.20. The zero-order chi connectivity index (χ0) is 5.11. The molecule has 0 aromatic carbocycles. The first-order valence-electron chi connectivity index (χ1n) is 2.55. The predicted molar refractivity (Wildman–Crippen MR) is 29.1 cm³/mol. The van der Waals surface area contributed by atoms with Gasteiger partial charge in [0.2, 0.25) is 0 Å². The third kappa shape index (κ3) is 2.05. The van der Waals surface area contributed by atoms with Gasteiger partial charge in [-0.15, -0.1) is 0 Å². The first-order valence-corrected chi connectivity index (χ1v) is 2.55. The van der Waals surface area contributed by atoms with Crippen molar-refractivity contribution in [3.63, 3.8) is 0 Å². The van der Waals surface area contributed by atoms with Crippen molar-refractivity contribution in [2.24, 2.45) is 0 Å². The minimum absolute atomic E-state index is 0. The molecule has 8 heavy (non-hydrogen) atoms. The van der Waals surface area contributed by atoms with Gasteiger partial charge in [-0.3, -0.25) is 5.92 Å². The summed E-state index contributed by atoms with van der Waals surface area (Å²) in [4.78, 5) is 0. The van der Waals surface area contributed by atoms with Gasteiger partial charge < -0.3 is 6.42 Å². The van der Waals surface area contributed by atoms with Crippen LogP contribution < -0.4 is 29.6 Å². The second-order valence-electron chi connectivity index (χ2n) is 1.75. The summed E-state index contributed by atoms with van der Waals surface area (Å²) in [6.07, 6.45) is 12.2. The Kier molecular flexibility index (Phi) is 4.36. The maximum absolute atomic E-state index is 6.68. The van der Waals surface area contributed by atoms with Gasteiger partial charge in [0.15, 0.2) is 0 Å². The van der Waals surface area contributed by atoms with Crippen LogP contribution in [0.25, 0.3) is 0 Å². The number of hydrogen-bond acceptors (Lipinski definition) is 0. The fraction of sp³-hybridized carbons (Fsp3) is 0.429. The van der Waals surface area contributed by atoms with E-state index in [1.54, 1.807) is 0 Å². The Morgan fingerprint density at radius 3 is 2.62 bits per heavy atom.